The fourth-order valence-corrected chi connectivity index (χ4v) is 4.04. The van der Waals surface area contributed by atoms with Gasteiger partial charge in [-0.15, -0.1) is 0 Å². The molecule has 1 amide bonds. The Morgan fingerprint density at radius 3 is 2.16 bits per heavy atom. The van der Waals surface area contributed by atoms with E-state index in [4.69, 9.17) is 4.74 Å². The summed E-state index contributed by atoms with van der Waals surface area (Å²) in [6.45, 7) is 2.04. The molecular weight excluding hydrogens is 388 g/mol. The Kier molecular flexibility index (Phi) is 4.75. The molecule has 1 aliphatic heterocycles. The van der Waals surface area contributed by atoms with Crippen molar-refractivity contribution >= 4 is 5.91 Å². The summed E-state index contributed by atoms with van der Waals surface area (Å²) in [5, 5.41) is 4.16. The second-order valence-corrected chi connectivity index (χ2v) is 7.67. The number of carbonyl (C=O) groups is 1. The van der Waals surface area contributed by atoms with Crippen LogP contribution in [0.15, 0.2) is 85.5 Å². The summed E-state index contributed by atoms with van der Waals surface area (Å²) < 4.78 is 7.75. The van der Waals surface area contributed by atoms with Gasteiger partial charge in [0.2, 0.25) is 5.91 Å². The van der Waals surface area contributed by atoms with Crippen LogP contribution in [0, 0.1) is 0 Å². The summed E-state index contributed by atoms with van der Waals surface area (Å²) in [6, 6.07) is 23.4. The molecule has 0 aliphatic carbocycles. The lowest BCUT2D eigenvalue weighted by Gasteiger charge is -2.33. The average molecular weight is 410 g/mol. The van der Waals surface area contributed by atoms with E-state index in [1.165, 1.54) is 6.33 Å². The molecule has 0 spiro atoms. The van der Waals surface area contributed by atoms with Crippen LogP contribution >= 0.6 is 0 Å². The molecule has 154 valence electrons. The van der Waals surface area contributed by atoms with Crippen LogP contribution in [0.5, 0.6) is 11.5 Å². The molecule has 31 heavy (non-hydrogen) atoms. The monoisotopic (exact) mass is 410 g/mol. The van der Waals surface area contributed by atoms with Gasteiger partial charge in [0.15, 0.2) is 0 Å². The van der Waals surface area contributed by atoms with E-state index in [1.807, 2.05) is 91.7 Å². The van der Waals surface area contributed by atoms with Crippen molar-refractivity contribution in [3.8, 4) is 17.2 Å². The standard InChI is InChI=1S/C25H22N4O2/c1-17(18-11-13-19(14-12-18)29-16-26-15-27-29)28(2)25(30)24-20-7-3-5-9-22(20)31-23-10-6-4-8-21(23)24/h3-17,24H,1-2H3. The number of rotatable bonds is 4. The maximum atomic E-state index is 13.7. The van der Waals surface area contributed by atoms with Crippen LogP contribution in [0.3, 0.4) is 0 Å². The first kappa shape index (κ1) is 19.1. The van der Waals surface area contributed by atoms with E-state index < -0.39 is 5.92 Å². The minimum absolute atomic E-state index is 0.0380. The molecule has 1 atom stereocenters. The summed E-state index contributed by atoms with van der Waals surface area (Å²) >= 11 is 0. The molecule has 2 heterocycles. The van der Waals surface area contributed by atoms with Crippen molar-refractivity contribution in [1.82, 2.24) is 19.7 Å². The summed E-state index contributed by atoms with van der Waals surface area (Å²) in [5.41, 5.74) is 3.77. The Bertz CT molecular complexity index is 1170. The predicted octanol–water partition coefficient (Wildman–Crippen LogP) is 4.72. The Balaban J connectivity index is 1.45. The van der Waals surface area contributed by atoms with Gasteiger partial charge in [-0.25, -0.2) is 9.67 Å². The molecule has 0 radical (unpaired) electrons. The van der Waals surface area contributed by atoms with Gasteiger partial charge in [0.1, 0.15) is 24.2 Å². The molecule has 5 rings (SSSR count). The highest BCUT2D eigenvalue weighted by Gasteiger charge is 2.35. The number of aromatic nitrogens is 3. The van der Waals surface area contributed by atoms with Crippen LogP contribution in [0.1, 0.15) is 35.6 Å². The fraction of sp³-hybridized carbons (Fsp3) is 0.160. The zero-order chi connectivity index (χ0) is 21.4. The van der Waals surface area contributed by atoms with Crippen molar-refractivity contribution in [3.05, 3.63) is 102 Å². The van der Waals surface area contributed by atoms with Crippen molar-refractivity contribution in [2.24, 2.45) is 0 Å². The van der Waals surface area contributed by atoms with Gasteiger partial charge < -0.3 is 9.64 Å². The summed E-state index contributed by atoms with van der Waals surface area (Å²) in [6.07, 6.45) is 3.17. The first-order valence-corrected chi connectivity index (χ1v) is 10.2. The molecule has 0 saturated carbocycles. The first-order valence-electron chi connectivity index (χ1n) is 10.2. The quantitative estimate of drug-likeness (QED) is 0.488. The minimum atomic E-state index is -0.400. The maximum Gasteiger partial charge on any atom is 0.235 e. The number of ether oxygens (including phenoxy) is 1. The highest BCUT2D eigenvalue weighted by molar-refractivity contribution is 5.89. The van der Waals surface area contributed by atoms with E-state index in [0.717, 1.165) is 33.9 Å². The van der Waals surface area contributed by atoms with Gasteiger partial charge >= 0.3 is 0 Å². The smallest absolute Gasteiger partial charge is 0.235 e. The Morgan fingerprint density at radius 1 is 0.968 bits per heavy atom. The lowest BCUT2D eigenvalue weighted by atomic mass is 9.86. The van der Waals surface area contributed by atoms with Crippen LogP contribution in [-0.4, -0.2) is 32.6 Å². The third-order valence-corrected chi connectivity index (χ3v) is 5.91. The van der Waals surface area contributed by atoms with Gasteiger partial charge in [-0.2, -0.15) is 5.10 Å². The molecule has 0 bridgehead atoms. The highest BCUT2D eigenvalue weighted by atomic mass is 16.5. The third kappa shape index (κ3) is 3.36. The predicted molar refractivity (Wildman–Crippen MR) is 117 cm³/mol. The summed E-state index contributed by atoms with van der Waals surface area (Å²) in [7, 11) is 1.86. The van der Waals surface area contributed by atoms with Crippen molar-refractivity contribution in [1.29, 1.82) is 0 Å². The molecule has 6 nitrogen and oxygen atoms in total. The van der Waals surface area contributed by atoms with Gasteiger partial charge in [-0.1, -0.05) is 48.5 Å². The van der Waals surface area contributed by atoms with Gasteiger partial charge in [0, 0.05) is 18.2 Å². The van der Waals surface area contributed by atoms with Gasteiger partial charge in [0.05, 0.1) is 17.6 Å². The molecular formula is C25H22N4O2. The van der Waals surface area contributed by atoms with Crippen molar-refractivity contribution in [2.45, 2.75) is 18.9 Å². The number of nitrogens with zero attached hydrogens (tertiary/aromatic N) is 4. The SMILES string of the molecule is CC(c1ccc(-n2cncn2)cc1)N(C)C(=O)C1c2ccccc2Oc2ccccc21. The zero-order valence-electron chi connectivity index (χ0n) is 17.3. The van der Waals surface area contributed by atoms with E-state index in [2.05, 4.69) is 10.1 Å². The molecule has 6 heteroatoms. The molecule has 4 aromatic rings. The molecule has 0 saturated heterocycles. The second kappa shape index (κ2) is 7.72. The molecule has 1 aromatic heterocycles. The van der Waals surface area contributed by atoms with Crippen LogP contribution in [0.2, 0.25) is 0 Å². The van der Waals surface area contributed by atoms with Crippen molar-refractivity contribution < 1.29 is 9.53 Å². The number of para-hydroxylation sites is 2. The van der Waals surface area contributed by atoms with E-state index in [9.17, 15) is 4.79 Å². The topological polar surface area (TPSA) is 60.2 Å². The molecule has 1 aliphatic rings. The number of fused-ring (bicyclic) bond motifs is 2. The van der Waals surface area contributed by atoms with Crippen LogP contribution in [0.25, 0.3) is 5.69 Å². The number of likely N-dealkylation sites (N-methyl/N-ethyl adjacent to an activating group) is 1. The number of amides is 1. The van der Waals surface area contributed by atoms with Gasteiger partial charge in [0.25, 0.3) is 0 Å². The maximum absolute atomic E-state index is 13.7. The lowest BCUT2D eigenvalue weighted by molar-refractivity contribution is -0.132. The van der Waals surface area contributed by atoms with E-state index >= 15 is 0 Å². The fourth-order valence-electron chi connectivity index (χ4n) is 4.04. The third-order valence-electron chi connectivity index (χ3n) is 5.91. The first-order chi connectivity index (χ1) is 15.1. The Labute approximate surface area is 180 Å². The number of hydrogen-bond acceptors (Lipinski definition) is 4. The minimum Gasteiger partial charge on any atom is -0.457 e. The van der Waals surface area contributed by atoms with Crippen molar-refractivity contribution in [3.63, 3.8) is 0 Å². The Morgan fingerprint density at radius 2 is 1.58 bits per heavy atom. The molecule has 1 unspecified atom stereocenters. The van der Waals surface area contributed by atoms with E-state index in [-0.39, 0.29) is 11.9 Å². The van der Waals surface area contributed by atoms with E-state index in [1.54, 1.807) is 11.0 Å². The zero-order valence-corrected chi connectivity index (χ0v) is 17.3. The number of benzene rings is 3. The highest BCUT2D eigenvalue weighted by Crippen LogP contribution is 2.45. The molecule has 3 aromatic carbocycles. The molecule has 0 N–H and O–H groups in total. The number of carbonyl (C=O) groups excluding carboxylic acids is 1. The summed E-state index contributed by atoms with van der Waals surface area (Å²) in [5.74, 6) is 1.11. The van der Waals surface area contributed by atoms with Crippen LogP contribution in [0.4, 0.5) is 0 Å². The van der Waals surface area contributed by atoms with E-state index in [0.29, 0.717) is 0 Å². The average Bonchev–Trinajstić information content (AvgIpc) is 3.36. The Hall–Kier alpha value is -3.93. The van der Waals surface area contributed by atoms with Gasteiger partial charge in [-0.05, 0) is 36.8 Å². The lowest BCUT2D eigenvalue weighted by Crippen LogP contribution is -2.35. The van der Waals surface area contributed by atoms with Gasteiger partial charge in [-0.3, -0.25) is 4.79 Å². The second-order valence-electron chi connectivity index (χ2n) is 7.67. The van der Waals surface area contributed by atoms with Crippen LogP contribution in [-0.2, 0) is 4.79 Å². The largest absolute Gasteiger partial charge is 0.457 e. The normalized spacial score (nSPS) is 13.6. The van der Waals surface area contributed by atoms with Crippen LogP contribution < -0.4 is 4.74 Å². The molecule has 0 fully saturated rings. The summed E-state index contributed by atoms with van der Waals surface area (Å²) in [4.78, 5) is 19.5. The number of hydrogen-bond donors (Lipinski definition) is 0. The van der Waals surface area contributed by atoms with Crippen molar-refractivity contribution in [2.75, 3.05) is 7.05 Å².